The predicted octanol–water partition coefficient (Wildman–Crippen LogP) is 0.732. The van der Waals surface area contributed by atoms with Crippen LogP contribution in [-0.4, -0.2) is 53.9 Å². The Morgan fingerprint density at radius 1 is 1.17 bits per heavy atom. The molecule has 0 aliphatic heterocycles. The van der Waals surface area contributed by atoms with Crippen LogP contribution in [0.25, 0.3) is 0 Å². The smallest absolute Gasteiger partial charge is 0.211 e. The summed E-state index contributed by atoms with van der Waals surface area (Å²) in [6, 6.07) is 7.92. The van der Waals surface area contributed by atoms with E-state index in [2.05, 4.69) is 20.3 Å². The Balaban J connectivity index is 2.26. The average Bonchev–Trinajstić information content (AvgIpc) is 2.60. The number of nitrogens with zero attached hydrogens (tertiary/aromatic N) is 1. The summed E-state index contributed by atoms with van der Waals surface area (Å²) in [6.07, 6.45) is 1.51. The highest BCUT2D eigenvalue weighted by atomic mass is 32.2. The molecule has 0 aliphatic rings. The van der Waals surface area contributed by atoms with Gasteiger partial charge >= 0.3 is 0 Å². The summed E-state index contributed by atoms with van der Waals surface area (Å²) >= 11 is 0. The molecule has 0 saturated heterocycles. The van der Waals surface area contributed by atoms with Gasteiger partial charge in [0.25, 0.3) is 0 Å². The first-order valence-corrected chi connectivity index (χ1v) is 9.71. The number of ether oxygens (including phenoxy) is 1. The fraction of sp³-hybridized carbons (Fsp3) is 0.562. The third kappa shape index (κ3) is 7.65. The predicted molar refractivity (Wildman–Crippen MR) is 98.1 cm³/mol. The molecule has 0 unspecified atom stereocenters. The summed E-state index contributed by atoms with van der Waals surface area (Å²) in [7, 11) is 0.260. The Labute approximate surface area is 145 Å². The molecule has 0 radical (unpaired) electrons. The summed E-state index contributed by atoms with van der Waals surface area (Å²) in [5.74, 6) is 1.68. The molecule has 3 N–H and O–H groups in total. The molecule has 136 valence electrons. The van der Waals surface area contributed by atoms with Crippen LogP contribution < -0.4 is 20.1 Å². The minimum atomic E-state index is -3.11. The topological polar surface area (TPSA) is 91.8 Å². The van der Waals surface area contributed by atoms with E-state index < -0.39 is 10.0 Å². The van der Waals surface area contributed by atoms with E-state index in [1.165, 1.54) is 0 Å². The van der Waals surface area contributed by atoms with Crippen LogP contribution in [0.4, 0.5) is 0 Å². The van der Waals surface area contributed by atoms with E-state index in [1.54, 1.807) is 21.1 Å². The maximum atomic E-state index is 11.3. The molecule has 8 heteroatoms. The molecule has 1 aromatic carbocycles. The SMILES string of the molecule is CCS(=O)(=O)NCCCNC(=NC)NCCc1ccccc1OC. The van der Waals surface area contributed by atoms with Gasteiger partial charge in [-0.15, -0.1) is 0 Å². The van der Waals surface area contributed by atoms with Crippen molar-refractivity contribution in [1.82, 2.24) is 15.4 Å². The molecule has 0 aliphatic carbocycles. The van der Waals surface area contributed by atoms with Crippen molar-refractivity contribution in [3.63, 3.8) is 0 Å². The average molecular weight is 356 g/mol. The number of aliphatic imine (C=N–C) groups is 1. The van der Waals surface area contributed by atoms with Gasteiger partial charge in [0.1, 0.15) is 5.75 Å². The van der Waals surface area contributed by atoms with E-state index in [0.717, 1.165) is 24.3 Å². The highest BCUT2D eigenvalue weighted by Gasteiger charge is 2.05. The number of benzene rings is 1. The molecule has 7 nitrogen and oxygen atoms in total. The number of para-hydroxylation sites is 1. The second-order valence-corrected chi connectivity index (χ2v) is 7.23. The zero-order chi connectivity index (χ0) is 17.8. The van der Waals surface area contributed by atoms with Crippen molar-refractivity contribution >= 4 is 16.0 Å². The van der Waals surface area contributed by atoms with Crippen LogP contribution in [0, 0.1) is 0 Å². The van der Waals surface area contributed by atoms with Crippen molar-refractivity contribution in [2.75, 3.05) is 39.5 Å². The van der Waals surface area contributed by atoms with E-state index in [1.807, 2.05) is 24.3 Å². The van der Waals surface area contributed by atoms with E-state index in [9.17, 15) is 8.42 Å². The zero-order valence-electron chi connectivity index (χ0n) is 14.6. The number of guanidine groups is 1. The summed E-state index contributed by atoms with van der Waals surface area (Å²) < 4.78 is 30.5. The third-order valence-corrected chi connectivity index (χ3v) is 4.85. The lowest BCUT2D eigenvalue weighted by Gasteiger charge is -2.13. The van der Waals surface area contributed by atoms with Gasteiger partial charge in [-0.1, -0.05) is 18.2 Å². The molecular formula is C16H28N4O3S. The van der Waals surface area contributed by atoms with Crippen LogP contribution in [0.5, 0.6) is 5.75 Å². The summed E-state index contributed by atoms with van der Waals surface area (Å²) in [6.45, 7) is 3.40. The number of nitrogens with one attached hydrogen (secondary N) is 3. The molecule has 0 spiro atoms. The van der Waals surface area contributed by atoms with E-state index in [-0.39, 0.29) is 5.75 Å². The Morgan fingerprint density at radius 2 is 1.88 bits per heavy atom. The van der Waals surface area contributed by atoms with Gasteiger partial charge in [0.05, 0.1) is 12.9 Å². The highest BCUT2D eigenvalue weighted by molar-refractivity contribution is 7.89. The van der Waals surface area contributed by atoms with E-state index in [4.69, 9.17) is 4.74 Å². The van der Waals surface area contributed by atoms with Gasteiger partial charge in [-0.25, -0.2) is 13.1 Å². The number of methoxy groups -OCH3 is 1. The Morgan fingerprint density at radius 3 is 2.54 bits per heavy atom. The van der Waals surface area contributed by atoms with Gasteiger partial charge < -0.3 is 15.4 Å². The van der Waals surface area contributed by atoms with Crippen molar-refractivity contribution < 1.29 is 13.2 Å². The largest absolute Gasteiger partial charge is 0.496 e. The molecule has 0 heterocycles. The van der Waals surface area contributed by atoms with Crippen LogP contribution in [0.15, 0.2) is 29.3 Å². The number of hydrogen-bond acceptors (Lipinski definition) is 4. The lowest BCUT2D eigenvalue weighted by atomic mass is 10.1. The van der Waals surface area contributed by atoms with Crippen molar-refractivity contribution in [1.29, 1.82) is 0 Å². The molecule has 1 rings (SSSR count). The quantitative estimate of drug-likeness (QED) is 0.327. The summed E-state index contributed by atoms with van der Waals surface area (Å²) in [4.78, 5) is 4.15. The van der Waals surface area contributed by atoms with Gasteiger partial charge in [0, 0.05) is 26.7 Å². The third-order valence-electron chi connectivity index (χ3n) is 3.45. The lowest BCUT2D eigenvalue weighted by molar-refractivity contribution is 0.409. The van der Waals surface area contributed by atoms with Crippen molar-refractivity contribution in [2.45, 2.75) is 19.8 Å². The summed E-state index contributed by atoms with van der Waals surface area (Å²) in [5.41, 5.74) is 1.14. The first-order chi connectivity index (χ1) is 11.5. The molecule has 0 saturated carbocycles. The fourth-order valence-electron chi connectivity index (χ4n) is 2.07. The second kappa shape index (κ2) is 10.9. The van der Waals surface area contributed by atoms with E-state index >= 15 is 0 Å². The van der Waals surface area contributed by atoms with Gasteiger partial charge in [-0.05, 0) is 31.4 Å². The molecule has 0 fully saturated rings. The Bertz CT molecular complexity index is 618. The van der Waals surface area contributed by atoms with Gasteiger partial charge in [-0.3, -0.25) is 4.99 Å². The van der Waals surface area contributed by atoms with Gasteiger partial charge in [-0.2, -0.15) is 0 Å². The van der Waals surface area contributed by atoms with Crippen molar-refractivity contribution in [3.05, 3.63) is 29.8 Å². The number of hydrogen-bond donors (Lipinski definition) is 3. The van der Waals surface area contributed by atoms with Crippen LogP contribution in [0.3, 0.4) is 0 Å². The van der Waals surface area contributed by atoms with Crippen molar-refractivity contribution in [3.8, 4) is 5.75 Å². The molecule has 0 aromatic heterocycles. The maximum absolute atomic E-state index is 11.3. The molecular weight excluding hydrogens is 328 g/mol. The summed E-state index contributed by atoms with van der Waals surface area (Å²) in [5, 5.41) is 6.39. The Hall–Kier alpha value is -1.80. The minimum Gasteiger partial charge on any atom is -0.496 e. The Kier molecular flexibility index (Phi) is 9.18. The first-order valence-electron chi connectivity index (χ1n) is 8.06. The first kappa shape index (κ1) is 20.2. The normalized spacial score (nSPS) is 12.0. The number of sulfonamides is 1. The molecule has 0 bridgehead atoms. The number of rotatable bonds is 10. The highest BCUT2D eigenvalue weighted by Crippen LogP contribution is 2.17. The maximum Gasteiger partial charge on any atom is 0.211 e. The van der Waals surface area contributed by atoms with Crippen LogP contribution in [0.1, 0.15) is 18.9 Å². The van der Waals surface area contributed by atoms with Crippen LogP contribution in [0.2, 0.25) is 0 Å². The molecule has 0 amide bonds. The van der Waals surface area contributed by atoms with E-state index in [0.29, 0.717) is 25.5 Å². The fourth-order valence-corrected chi connectivity index (χ4v) is 2.73. The van der Waals surface area contributed by atoms with Crippen molar-refractivity contribution in [2.24, 2.45) is 4.99 Å². The lowest BCUT2D eigenvalue weighted by Crippen LogP contribution is -2.39. The second-order valence-electron chi connectivity index (χ2n) is 5.14. The standard InChI is InChI=1S/C16H28N4O3S/c1-4-24(21,22)20-12-7-11-18-16(17-2)19-13-10-14-8-5-6-9-15(14)23-3/h5-6,8-9,20H,4,7,10-13H2,1-3H3,(H2,17,18,19). The monoisotopic (exact) mass is 356 g/mol. The molecule has 24 heavy (non-hydrogen) atoms. The minimum absolute atomic E-state index is 0.104. The molecule has 0 atom stereocenters. The van der Waals surface area contributed by atoms with Gasteiger partial charge in [0.15, 0.2) is 5.96 Å². The molecule has 1 aromatic rings. The van der Waals surface area contributed by atoms with Crippen LogP contribution >= 0.6 is 0 Å². The zero-order valence-corrected chi connectivity index (χ0v) is 15.4. The van der Waals surface area contributed by atoms with Gasteiger partial charge in [0.2, 0.25) is 10.0 Å². The van der Waals surface area contributed by atoms with Crippen LogP contribution in [-0.2, 0) is 16.4 Å².